The standard InChI is InChI=1S/C15H17N3OS/c1-11-4-8-18(9-5-11)15(20)19-12-2-3-13-14(10-12)17-7-6-16-13/h2-3,6-7,10-11H,4-5,8-9H2,1H3. The average molecular weight is 287 g/mol. The predicted molar refractivity (Wildman–Crippen MR) is 82.7 cm³/mol. The Labute approximate surface area is 123 Å². The van der Waals surface area contributed by atoms with Gasteiger partial charge in [0.2, 0.25) is 0 Å². The number of hydrogen-bond acceptors (Lipinski definition) is 4. The fourth-order valence-electron chi connectivity index (χ4n) is 2.36. The Morgan fingerprint density at radius 2 is 1.90 bits per heavy atom. The fraction of sp³-hybridized carbons (Fsp3) is 0.400. The summed E-state index contributed by atoms with van der Waals surface area (Å²) in [7, 11) is 0. The molecule has 0 saturated carbocycles. The second-order valence-electron chi connectivity index (χ2n) is 5.24. The number of benzene rings is 1. The first-order valence-electron chi connectivity index (χ1n) is 6.90. The molecule has 4 nitrogen and oxygen atoms in total. The third-order valence-corrected chi connectivity index (χ3v) is 4.03. The first-order valence-corrected chi connectivity index (χ1v) is 7.31. The molecule has 20 heavy (non-hydrogen) atoms. The number of nitrogens with zero attached hydrogens (tertiary/aromatic N) is 3. The molecule has 1 aromatic carbocycles. The second-order valence-corrected chi connectivity index (χ2v) is 5.59. The van der Waals surface area contributed by atoms with Gasteiger partial charge in [0, 0.05) is 31.5 Å². The van der Waals surface area contributed by atoms with Crippen molar-refractivity contribution in [2.45, 2.75) is 19.8 Å². The molecule has 0 bridgehead atoms. The van der Waals surface area contributed by atoms with Gasteiger partial charge in [-0.1, -0.05) is 6.92 Å². The van der Waals surface area contributed by atoms with E-state index in [9.17, 15) is 0 Å². The number of ether oxygens (including phenoxy) is 1. The zero-order valence-electron chi connectivity index (χ0n) is 11.5. The Bertz CT molecular complexity index is 623. The van der Waals surface area contributed by atoms with E-state index in [1.165, 1.54) is 12.8 Å². The molecule has 0 amide bonds. The van der Waals surface area contributed by atoms with Crippen molar-refractivity contribution < 1.29 is 4.74 Å². The molecule has 0 atom stereocenters. The van der Waals surface area contributed by atoms with Crippen LogP contribution in [0.25, 0.3) is 11.0 Å². The maximum Gasteiger partial charge on any atom is 0.264 e. The third kappa shape index (κ3) is 2.88. The van der Waals surface area contributed by atoms with E-state index in [2.05, 4.69) is 21.8 Å². The summed E-state index contributed by atoms with van der Waals surface area (Å²) >= 11 is 5.39. The molecule has 0 unspecified atom stereocenters. The summed E-state index contributed by atoms with van der Waals surface area (Å²) in [6.07, 6.45) is 5.71. The lowest BCUT2D eigenvalue weighted by atomic mass is 10.00. The van der Waals surface area contributed by atoms with E-state index in [0.717, 1.165) is 35.8 Å². The van der Waals surface area contributed by atoms with Crippen LogP contribution in [0.1, 0.15) is 19.8 Å². The number of aromatic nitrogens is 2. The Hall–Kier alpha value is -1.75. The largest absolute Gasteiger partial charge is 0.432 e. The summed E-state index contributed by atoms with van der Waals surface area (Å²) in [6, 6.07) is 5.66. The van der Waals surface area contributed by atoms with Crippen molar-refractivity contribution in [2.75, 3.05) is 13.1 Å². The first-order chi connectivity index (χ1) is 9.72. The van der Waals surface area contributed by atoms with Crippen molar-refractivity contribution in [2.24, 2.45) is 5.92 Å². The molecule has 1 aromatic heterocycles. The summed E-state index contributed by atoms with van der Waals surface area (Å²) < 4.78 is 5.79. The van der Waals surface area contributed by atoms with Crippen LogP contribution in [-0.2, 0) is 0 Å². The van der Waals surface area contributed by atoms with Crippen LogP contribution in [0.15, 0.2) is 30.6 Å². The molecule has 0 radical (unpaired) electrons. The lowest BCUT2D eigenvalue weighted by Gasteiger charge is -2.31. The summed E-state index contributed by atoms with van der Waals surface area (Å²) in [4.78, 5) is 10.6. The normalized spacial score (nSPS) is 16.4. The fourth-order valence-corrected chi connectivity index (χ4v) is 2.64. The van der Waals surface area contributed by atoms with Crippen molar-refractivity contribution in [1.82, 2.24) is 14.9 Å². The SMILES string of the molecule is CC1CCN(C(=S)Oc2ccc3nccnc3c2)CC1. The van der Waals surface area contributed by atoms with Crippen LogP contribution >= 0.6 is 12.2 Å². The average Bonchev–Trinajstić information content (AvgIpc) is 2.48. The van der Waals surface area contributed by atoms with Gasteiger partial charge in [0.1, 0.15) is 5.75 Å². The van der Waals surface area contributed by atoms with E-state index in [0.29, 0.717) is 5.17 Å². The number of rotatable bonds is 1. The Balaban J connectivity index is 1.71. The topological polar surface area (TPSA) is 38.2 Å². The molecule has 0 spiro atoms. The molecule has 1 aliphatic rings. The highest BCUT2D eigenvalue weighted by molar-refractivity contribution is 7.80. The highest BCUT2D eigenvalue weighted by atomic mass is 32.1. The van der Waals surface area contributed by atoms with Gasteiger partial charge in [0.15, 0.2) is 0 Å². The van der Waals surface area contributed by atoms with Gasteiger partial charge in [-0.25, -0.2) is 0 Å². The van der Waals surface area contributed by atoms with Crippen LogP contribution in [0.2, 0.25) is 0 Å². The summed E-state index contributed by atoms with van der Waals surface area (Å²) in [5, 5.41) is 0.556. The monoisotopic (exact) mass is 287 g/mol. The van der Waals surface area contributed by atoms with E-state index in [4.69, 9.17) is 17.0 Å². The molecule has 1 aliphatic heterocycles. The summed E-state index contributed by atoms with van der Waals surface area (Å²) in [6.45, 7) is 4.24. The molecule has 0 aliphatic carbocycles. The van der Waals surface area contributed by atoms with Gasteiger partial charge in [0.25, 0.3) is 5.17 Å². The molecule has 2 heterocycles. The predicted octanol–water partition coefficient (Wildman–Crippen LogP) is 3.03. The smallest absolute Gasteiger partial charge is 0.264 e. The van der Waals surface area contributed by atoms with E-state index in [-0.39, 0.29) is 0 Å². The molecule has 2 aromatic rings. The Kier molecular flexibility index (Phi) is 3.78. The van der Waals surface area contributed by atoms with Crippen LogP contribution < -0.4 is 4.74 Å². The van der Waals surface area contributed by atoms with Crippen molar-refractivity contribution in [3.63, 3.8) is 0 Å². The zero-order chi connectivity index (χ0) is 13.9. The molecule has 0 N–H and O–H groups in total. The Morgan fingerprint density at radius 1 is 1.20 bits per heavy atom. The number of likely N-dealkylation sites (tertiary alicyclic amines) is 1. The van der Waals surface area contributed by atoms with Crippen molar-refractivity contribution >= 4 is 28.4 Å². The lowest BCUT2D eigenvalue weighted by Crippen LogP contribution is -2.39. The van der Waals surface area contributed by atoms with Gasteiger partial charge in [0.05, 0.1) is 11.0 Å². The quantitative estimate of drug-likeness (QED) is 0.754. The molecule has 104 valence electrons. The molecule has 3 rings (SSSR count). The van der Waals surface area contributed by atoms with Crippen molar-refractivity contribution in [1.29, 1.82) is 0 Å². The van der Waals surface area contributed by atoms with E-state index >= 15 is 0 Å². The first kappa shape index (κ1) is 13.2. The third-order valence-electron chi connectivity index (χ3n) is 3.69. The van der Waals surface area contributed by atoms with Crippen LogP contribution in [0.3, 0.4) is 0 Å². The highest BCUT2D eigenvalue weighted by Gasteiger charge is 2.19. The van der Waals surface area contributed by atoms with Crippen LogP contribution in [0.4, 0.5) is 0 Å². The van der Waals surface area contributed by atoms with Crippen LogP contribution in [0, 0.1) is 5.92 Å². The maximum absolute atomic E-state index is 5.79. The number of fused-ring (bicyclic) bond motifs is 1. The van der Waals surface area contributed by atoms with Gasteiger partial charge in [-0.05, 0) is 43.1 Å². The van der Waals surface area contributed by atoms with E-state index in [1.54, 1.807) is 12.4 Å². The number of hydrogen-bond donors (Lipinski definition) is 0. The minimum Gasteiger partial charge on any atom is -0.432 e. The maximum atomic E-state index is 5.79. The van der Waals surface area contributed by atoms with Gasteiger partial charge >= 0.3 is 0 Å². The van der Waals surface area contributed by atoms with Gasteiger partial charge in [-0.2, -0.15) is 0 Å². The van der Waals surface area contributed by atoms with Crippen molar-refractivity contribution in [3.05, 3.63) is 30.6 Å². The minimum atomic E-state index is 0.556. The second kappa shape index (κ2) is 5.71. The van der Waals surface area contributed by atoms with Gasteiger partial charge < -0.3 is 9.64 Å². The zero-order valence-corrected chi connectivity index (χ0v) is 12.3. The number of piperidine rings is 1. The van der Waals surface area contributed by atoms with Crippen molar-refractivity contribution in [3.8, 4) is 5.75 Å². The molecule has 5 heteroatoms. The lowest BCUT2D eigenvalue weighted by molar-refractivity contribution is 0.254. The molecular weight excluding hydrogens is 270 g/mol. The highest BCUT2D eigenvalue weighted by Crippen LogP contribution is 2.20. The van der Waals surface area contributed by atoms with Gasteiger partial charge in [-0.3, -0.25) is 9.97 Å². The molecule has 1 saturated heterocycles. The van der Waals surface area contributed by atoms with Crippen LogP contribution in [0.5, 0.6) is 5.75 Å². The van der Waals surface area contributed by atoms with E-state index in [1.807, 2.05) is 18.2 Å². The van der Waals surface area contributed by atoms with E-state index < -0.39 is 0 Å². The molecule has 1 fully saturated rings. The Morgan fingerprint density at radius 3 is 2.65 bits per heavy atom. The summed E-state index contributed by atoms with van der Waals surface area (Å²) in [5.74, 6) is 1.51. The van der Waals surface area contributed by atoms with Gasteiger partial charge in [-0.15, -0.1) is 0 Å². The molecular formula is C15H17N3OS. The number of thiocarbonyl (C=S) groups is 1. The summed E-state index contributed by atoms with van der Waals surface area (Å²) in [5.41, 5.74) is 1.68. The minimum absolute atomic E-state index is 0.556. The van der Waals surface area contributed by atoms with Crippen LogP contribution in [-0.4, -0.2) is 33.1 Å².